The summed E-state index contributed by atoms with van der Waals surface area (Å²) in [4.78, 5) is 1.55. The maximum Gasteiger partial charge on any atom is 0.0534 e. The Balaban J connectivity index is 2.51. The molecule has 0 amide bonds. The molecule has 2 rings (SSSR count). The van der Waals surface area contributed by atoms with Gasteiger partial charge in [0.15, 0.2) is 0 Å². The Bertz CT molecular complexity index is 306. The Morgan fingerprint density at radius 2 is 1.07 bits per heavy atom. The van der Waals surface area contributed by atoms with Crippen molar-refractivity contribution in [2.24, 2.45) is 0 Å². The van der Waals surface area contributed by atoms with Crippen LogP contribution in [-0.2, 0) is 0 Å². The van der Waals surface area contributed by atoms with Crippen LogP contribution in [0.4, 0.5) is 0 Å². The molecule has 0 heterocycles. The fourth-order valence-corrected chi connectivity index (χ4v) is 5.17. The smallest absolute Gasteiger partial charge is 0.0534 e. The highest BCUT2D eigenvalue weighted by Crippen LogP contribution is 2.50. The Hall–Kier alpha value is 1.14. The first-order valence-electron chi connectivity index (χ1n) is 4.28. The van der Waals surface area contributed by atoms with Gasteiger partial charge >= 0.3 is 0 Å². The summed E-state index contributed by atoms with van der Waals surface area (Å²) in [6.45, 7) is 0. The third-order valence-electron chi connectivity index (χ3n) is 2.45. The van der Waals surface area contributed by atoms with Crippen LogP contribution in [0.15, 0.2) is 24.3 Å². The van der Waals surface area contributed by atoms with Crippen molar-refractivity contribution in [3.8, 4) is 0 Å². The zero-order valence-corrected chi connectivity index (χ0v) is 13.5. The van der Waals surface area contributed by atoms with Crippen LogP contribution in [-0.4, -0.2) is 9.65 Å². The van der Waals surface area contributed by atoms with Crippen molar-refractivity contribution in [3.63, 3.8) is 0 Å². The summed E-state index contributed by atoms with van der Waals surface area (Å²) in [5, 5.41) is 0. The van der Waals surface area contributed by atoms with Gasteiger partial charge in [-0.1, -0.05) is 88.0 Å². The number of alkyl halides is 4. The van der Waals surface area contributed by atoms with Gasteiger partial charge < -0.3 is 0 Å². The zero-order valence-electron chi connectivity index (χ0n) is 7.13. The normalized spacial score (nSPS) is 36.6. The minimum absolute atomic E-state index is 0.372. The molecule has 1 aliphatic rings. The van der Waals surface area contributed by atoms with E-state index in [9.17, 15) is 0 Å². The van der Waals surface area contributed by atoms with E-state index in [0.29, 0.717) is 19.3 Å². The summed E-state index contributed by atoms with van der Waals surface area (Å²) in [6, 6.07) is 8.52. The molecule has 76 valence electrons. The summed E-state index contributed by atoms with van der Waals surface area (Å²) in [5.74, 6) is 0. The molecule has 0 N–H and O–H groups in total. The van der Waals surface area contributed by atoms with Crippen molar-refractivity contribution < 1.29 is 0 Å². The summed E-state index contributed by atoms with van der Waals surface area (Å²) in [6.07, 6.45) is 0. The van der Waals surface area contributed by atoms with Crippen molar-refractivity contribution in [2.75, 3.05) is 0 Å². The van der Waals surface area contributed by atoms with Gasteiger partial charge in [-0.2, -0.15) is 0 Å². The number of hydrogen-bond donors (Lipinski definition) is 0. The number of benzene rings is 1. The van der Waals surface area contributed by atoms with Crippen molar-refractivity contribution in [1.82, 2.24) is 0 Å². The first kappa shape index (κ1) is 11.6. The SMILES string of the molecule is BrC1c2ccccc2C(Br)C(Br)C1Br. The Kier molecular flexibility index (Phi) is 3.78. The summed E-state index contributed by atoms with van der Waals surface area (Å²) in [7, 11) is 0. The van der Waals surface area contributed by atoms with Crippen LogP contribution in [0.2, 0.25) is 0 Å². The second-order valence-corrected chi connectivity index (χ2v) is 7.41. The second kappa shape index (κ2) is 4.56. The lowest BCUT2D eigenvalue weighted by molar-refractivity contribution is 0.728. The third kappa shape index (κ3) is 1.87. The highest BCUT2D eigenvalue weighted by Gasteiger charge is 2.37. The molecule has 4 heteroatoms. The van der Waals surface area contributed by atoms with Gasteiger partial charge in [0.25, 0.3) is 0 Å². The Morgan fingerprint density at radius 3 is 1.43 bits per heavy atom. The minimum atomic E-state index is 0.372. The molecule has 0 saturated carbocycles. The van der Waals surface area contributed by atoms with E-state index >= 15 is 0 Å². The standard InChI is InChI=1S/C10H8Br4/c11-7-5-3-1-2-4-6(5)8(12)10(14)9(7)13/h1-4,7-10H. The number of hydrogen-bond acceptors (Lipinski definition) is 0. The van der Waals surface area contributed by atoms with Gasteiger partial charge in [-0.15, -0.1) is 0 Å². The van der Waals surface area contributed by atoms with Gasteiger partial charge in [-0.05, 0) is 11.1 Å². The zero-order chi connectivity index (χ0) is 10.3. The van der Waals surface area contributed by atoms with Gasteiger partial charge in [0.05, 0.1) is 9.65 Å². The molecule has 1 aromatic rings. The second-order valence-electron chi connectivity index (χ2n) is 3.32. The summed E-state index contributed by atoms with van der Waals surface area (Å²) >= 11 is 14.9. The predicted molar refractivity (Wildman–Crippen MR) is 75.2 cm³/mol. The van der Waals surface area contributed by atoms with Crippen LogP contribution in [0, 0.1) is 0 Å². The molecular formula is C10H8Br4. The first-order chi connectivity index (χ1) is 6.63. The van der Waals surface area contributed by atoms with Gasteiger partial charge in [-0.3, -0.25) is 0 Å². The molecule has 1 aliphatic carbocycles. The fraction of sp³-hybridized carbons (Fsp3) is 0.400. The van der Waals surface area contributed by atoms with Crippen LogP contribution in [0.1, 0.15) is 20.8 Å². The average molecular weight is 448 g/mol. The maximum atomic E-state index is 3.72. The molecule has 0 aromatic heterocycles. The predicted octanol–water partition coefficient (Wildman–Crippen LogP) is 5.10. The first-order valence-corrected chi connectivity index (χ1v) is 7.94. The molecule has 0 fully saturated rings. The average Bonchev–Trinajstić information content (AvgIpc) is 2.23. The topological polar surface area (TPSA) is 0 Å². The molecule has 1 aromatic carbocycles. The van der Waals surface area contributed by atoms with E-state index < -0.39 is 0 Å². The van der Waals surface area contributed by atoms with Crippen LogP contribution in [0.3, 0.4) is 0 Å². The number of halogens is 4. The lowest BCUT2D eigenvalue weighted by Gasteiger charge is -2.34. The molecule has 0 saturated heterocycles. The van der Waals surface area contributed by atoms with Gasteiger partial charge in [0.2, 0.25) is 0 Å². The lowest BCUT2D eigenvalue weighted by Crippen LogP contribution is -2.29. The van der Waals surface area contributed by atoms with Crippen LogP contribution in [0.25, 0.3) is 0 Å². The van der Waals surface area contributed by atoms with E-state index in [2.05, 4.69) is 88.0 Å². The lowest BCUT2D eigenvalue weighted by atomic mass is 9.91. The van der Waals surface area contributed by atoms with E-state index in [1.165, 1.54) is 11.1 Å². The van der Waals surface area contributed by atoms with Crippen molar-refractivity contribution >= 4 is 63.7 Å². The number of rotatable bonds is 0. The van der Waals surface area contributed by atoms with E-state index in [4.69, 9.17) is 0 Å². The minimum Gasteiger partial charge on any atom is -0.0862 e. The highest BCUT2D eigenvalue weighted by atomic mass is 79.9. The fourth-order valence-electron chi connectivity index (χ4n) is 1.68. The molecule has 0 bridgehead atoms. The number of fused-ring (bicyclic) bond motifs is 1. The molecule has 14 heavy (non-hydrogen) atoms. The Labute approximate surface area is 117 Å². The van der Waals surface area contributed by atoms with Gasteiger partial charge in [-0.25, -0.2) is 0 Å². The summed E-state index contributed by atoms with van der Waals surface area (Å²) in [5.41, 5.74) is 2.74. The van der Waals surface area contributed by atoms with Gasteiger partial charge in [0.1, 0.15) is 0 Å². The maximum absolute atomic E-state index is 3.72. The molecule has 0 spiro atoms. The van der Waals surface area contributed by atoms with Crippen LogP contribution >= 0.6 is 63.7 Å². The molecular weight excluding hydrogens is 440 g/mol. The van der Waals surface area contributed by atoms with E-state index in [0.717, 1.165) is 0 Å². The van der Waals surface area contributed by atoms with Crippen molar-refractivity contribution in [1.29, 1.82) is 0 Å². The van der Waals surface area contributed by atoms with Gasteiger partial charge in [0, 0.05) is 9.65 Å². The largest absolute Gasteiger partial charge is 0.0862 e. The third-order valence-corrected chi connectivity index (χ3v) is 8.90. The molecule has 0 radical (unpaired) electrons. The van der Waals surface area contributed by atoms with E-state index in [1.807, 2.05) is 0 Å². The molecule has 4 unspecified atom stereocenters. The molecule has 4 atom stereocenters. The van der Waals surface area contributed by atoms with E-state index in [-0.39, 0.29) is 0 Å². The molecule has 0 aliphatic heterocycles. The quantitative estimate of drug-likeness (QED) is 0.485. The Morgan fingerprint density at radius 1 is 0.714 bits per heavy atom. The van der Waals surface area contributed by atoms with Crippen LogP contribution < -0.4 is 0 Å². The highest BCUT2D eigenvalue weighted by molar-refractivity contribution is 9.14. The van der Waals surface area contributed by atoms with Crippen molar-refractivity contribution in [3.05, 3.63) is 35.4 Å². The monoisotopic (exact) mass is 444 g/mol. The van der Waals surface area contributed by atoms with Crippen LogP contribution in [0.5, 0.6) is 0 Å². The van der Waals surface area contributed by atoms with E-state index in [1.54, 1.807) is 0 Å². The molecule has 0 nitrogen and oxygen atoms in total. The summed E-state index contributed by atoms with van der Waals surface area (Å²) < 4.78 is 0. The van der Waals surface area contributed by atoms with Crippen molar-refractivity contribution in [2.45, 2.75) is 19.3 Å².